The van der Waals surface area contributed by atoms with Crippen LogP contribution in [0.3, 0.4) is 0 Å². The van der Waals surface area contributed by atoms with Gasteiger partial charge in [-0.3, -0.25) is 14.7 Å². The van der Waals surface area contributed by atoms with Gasteiger partial charge in [-0.15, -0.1) is 0 Å². The smallest absolute Gasteiger partial charge is 0.237 e. The average Bonchev–Trinajstić information content (AvgIpc) is 2.96. The highest BCUT2D eigenvalue weighted by atomic mass is 35.5. The Balaban J connectivity index is 1.64. The minimum atomic E-state index is 0.203. The molecule has 27 heavy (non-hydrogen) atoms. The SMILES string of the molecule is O=C(CN1CCCCCC1)N(CCc1ccc(Cl)cc1)Cc1cccnc1. The number of nitrogens with zero attached hydrogens (tertiary/aromatic N) is 3. The Morgan fingerprint density at radius 2 is 1.78 bits per heavy atom. The summed E-state index contributed by atoms with van der Waals surface area (Å²) < 4.78 is 0. The van der Waals surface area contributed by atoms with Crippen LogP contribution in [-0.4, -0.2) is 46.9 Å². The van der Waals surface area contributed by atoms with Gasteiger partial charge in [-0.2, -0.15) is 0 Å². The van der Waals surface area contributed by atoms with E-state index in [2.05, 4.69) is 9.88 Å². The molecule has 5 heteroatoms. The second-order valence-electron chi connectivity index (χ2n) is 7.24. The van der Waals surface area contributed by atoms with Crippen LogP contribution >= 0.6 is 11.6 Å². The molecule has 1 aromatic carbocycles. The molecule has 1 aliphatic rings. The summed E-state index contributed by atoms with van der Waals surface area (Å²) in [6.07, 6.45) is 9.38. The summed E-state index contributed by atoms with van der Waals surface area (Å²) >= 11 is 5.98. The summed E-state index contributed by atoms with van der Waals surface area (Å²) in [5.74, 6) is 0.203. The number of benzene rings is 1. The molecule has 0 atom stereocenters. The topological polar surface area (TPSA) is 36.4 Å². The van der Waals surface area contributed by atoms with E-state index in [1.165, 1.54) is 31.2 Å². The molecule has 0 radical (unpaired) electrons. The molecular formula is C22H28ClN3O. The van der Waals surface area contributed by atoms with Gasteiger partial charge in [0.2, 0.25) is 5.91 Å². The fourth-order valence-electron chi connectivity index (χ4n) is 3.50. The van der Waals surface area contributed by atoms with Gasteiger partial charge in [-0.1, -0.05) is 42.6 Å². The molecule has 1 saturated heterocycles. The summed E-state index contributed by atoms with van der Waals surface area (Å²) in [7, 11) is 0. The van der Waals surface area contributed by atoms with E-state index in [0.717, 1.165) is 30.1 Å². The maximum absolute atomic E-state index is 13.0. The third-order valence-corrected chi connectivity index (χ3v) is 5.34. The van der Waals surface area contributed by atoms with E-state index in [-0.39, 0.29) is 5.91 Å². The Morgan fingerprint density at radius 1 is 1.04 bits per heavy atom. The van der Waals surface area contributed by atoms with Crippen molar-refractivity contribution in [2.24, 2.45) is 0 Å². The van der Waals surface area contributed by atoms with Crippen LogP contribution in [0, 0.1) is 0 Å². The number of carbonyl (C=O) groups excluding carboxylic acids is 1. The number of carbonyl (C=O) groups is 1. The number of amides is 1. The maximum Gasteiger partial charge on any atom is 0.237 e. The molecule has 0 saturated carbocycles. The summed E-state index contributed by atoms with van der Waals surface area (Å²) in [6, 6.07) is 11.8. The van der Waals surface area contributed by atoms with Crippen molar-refractivity contribution in [3.63, 3.8) is 0 Å². The second kappa shape index (κ2) is 10.4. The minimum absolute atomic E-state index is 0.203. The van der Waals surface area contributed by atoms with Gasteiger partial charge in [0.25, 0.3) is 0 Å². The number of hydrogen-bond donors (Lipinski definition) is 0. The molecule has 3 rings (SSSR count). The zero-order chi connectivity index (χ0) is 18.9. The lowest BCUT2D eigenvalue weighted by Gasteiger charge is -2.27. The highest BCUT2D eigenvalue weighted by Gasteiger charge is 2.19. The van der Waals surface area contributed by atoms with Crippen LogP contribution in [0.2, 0.25) is 5.02 Å². The van der Waals surface area contributed by atoms with E-state index in [1.54, 1.807) is 6.20 Å². The van der Waals surface area contributed by atoms with Crippen molar-refractivity contribution in [3.05, 3.63) is 64.9 Å². The van der Waals surface area contributed by atoms with Crippen LogP contribution in [0.25, 0.3) is 0 Å². The molecule has 4 nitrogen and oxygen atoms in total. The van der Waals surface area contributed by atoms with Gasteiger partial charge in [-0.05, 0) is 61.7 Å². The number of hydrogen-bond acceptors (Lipinski definition) is 3. The zero-order valence-corrected chi connectivity index (χ0v) is 16.6. The molecule has 0 bridgehead atoms. The van der Waals surface area contributed by atoms with Gasteiger partial charge in [0.15, 0.2) is 0 Å². The third-order valence-electron chi connectivity index (χ3n) is 5.09. The number of rotatable bonds is 7. The molecule has 0 spiro atoms. The van der Waals surface area contributed by atoms with Crippen molar-refractivity contribution >= 4 is 17.5 Å². The molecule has 1 aliphatic heterocycles. The van der Waals surface area contributed by atoms with Crippen LogP contribution in [-0.2, 0) is 17.8 Å². The fourth-order valence-corrected chi connectivity index (χ4v) is 3.63. The maximum atomic E-state index is 13.0. The van der Waals surface area contributed by atoms with Crippen molar-refractivity contribution < 1.29 is 4.79 Å². The molecular weight excluding hydrogens is 358 g/mol. The van der Waals surface area contributed by atoms with Gasteiger partial charge in [-0.25, -0.2) is 0 Å². The fraction of sp³-hybridized carbons (Fsp3) is 0.455. The standard InChI is InChI=1S/C22H28ClN3O/c23-21-9-7-19(8-10-21)11-15-26(17-20-6-5-12-24-16-20)22(27)18-25-13-3-1-2-4-14-25/h5-10,12,16H,1-4,11,13-15,17-18H2. The van der Waals surface area contributed by atoms with E-state index in [4.69, 9.17) is 11.6 Å². The van der Waals surface area contributed by atoms with Crippen LogP contribution < -0.4 is 0 Å². The predicted octanol–water partition coefficient (Wildman–Crippen LogP) is 4.18. The van der Waals surface area contributed by atoms with Gasteiger partial charge in [0, 0.05) is 30.5 Å². The third kappa shape index (κ3) is 6.64. The van der Waals surface area contributed by atoms with Crippen LogP contribution in [0.4, 0.5) is 0 Å². The quantitative estimate of drug-likeness (QED) is 0.717. The molecule has 2 aromatic rings. The highest BCUT2D eigenvalue weighted by molar-refractivity contribution is 6.30. The lowest BCUT2D eigenvalue weighted by Crippen LogP contribution is -2.41. The Hall–Kier alpha value is -1.91. The lowest BCUT2D eigenvalue weighted by atomic mass is 10.1. The molecule has 1 aromatic heterocycles. The largest absolute Gasteiger partial charge is 0.337 e. The van der Waals surface area contributed by atoms with E-state index in [1.807, 2.05) is 47.5 Å². The van der Waals surface area contributed by atoms with Crippen molar-refractivity contribution in [2.75, 3.05) is 26.2 Å². The second-order valence-corrected chi connectivity index (χ2v) is 7.68. The molecule has 0 unspecified atom stereocenters. The monoisotopic (exact) mass is 385 g/mol. The minimum Gasteiger partial charge on any atom is -0.337 e. The summed E-state index contributed by atoms with van der Waals surface area (Å²) in [4.78, 5) is 21.5. The summed E-state index contributed by atoms with van der Waals surface area (Å²) in [6.45, 7) is 3.88. The Morgan fingerprint density at radius 3 is 2.44 bits per heavy atom. The van der Waals surface area contributed by atoms with Crippen LogP contribution in [0.5, 0.6) is 0 Å². The molecule has 2 heterocycles. The highest BCUT2D eigenvalue weighted by Crippen LogP contribution is 2.13. The number of aromatic nitrogens is 1. The zero-order valence-electron chi connectivity index (χ0n) is 15.8. The van der Waals surface area contributed by atoms with Crippen LogP contribution in [0.1, 0.15) is 36.8 Å². The number of pyridine rings is 1. The molecule has 0 aliphatic carbocycles. The Labute approximate surface area is 167 Å². The Kier molecular flexibility index (Phi) is 7.66. The van der Waals surface area contributed by atoms with Gasteiger partial charge >= 0.3 is 0 Å². The van der Waals surface area contributed by atoms with Crippen molar-refractivity contribution in [2.45, 2.75) is 38.6 Å². The first kappa shape index (κ1) is 19.8. The molecule has 1 amide bonds. The van der Waals surface area contributed by atoms with Gasteiger partial charge < -0.3 is 4.90 Å². The average molecular weight is 386 g/mol. The van der Waals surface area contributed by atoms with Crippen LogP contribution in [0.15, 0.2) is 48.8 Å². The summed E-state index contributed by atoms with van der Waals surface area (Å²) in [5, 5.41) is 0.739. The lowest BCUT2D eigenvalue weighted by molar-refractivity contribution is -0.133. The molecule has 0 N–H and O–H groups in total. The number of halogens is 1. The summed E-state index contributed by atoms with van der Waals surface area (Å²) in [5.41, 5.74) is 2.26. The van der Waals surface area contributed by atoms with E-state index in [0.29, 0.717) is 19.6 Å². The van der Waals surface area contributed by atoms with Gasteiger partial charge in [0.1, 0.15) is 0 Å². The normalized spacial score (nSPS) is 15.3. The van der Waals surface area contributed by atoms with Gasteiger partial charge in [0.05, 0.1) is 6.54 Å². The molecule has 1 fully saturated rings. The molecule has 144 valence electrons. The van der Waals surface area contributed by atoms with Crippen molar-refractivity contribution in [1.29, 1.82) is 0 Å². The van der Waals surface area contributed by atoms with E-state index in [9.17, 15) is 4.79 Å². The number of likely N-dealkylation sites (tertiary alicyclic amines) is 1. The predicted molar refractivity (Wildman–Crippen MR) is 110 cm³/mol. The van der Waals surface area contributed by atoms with Crippen molar-refractivity contribution in [3.8, 4) is 0 Å². The first-order valence-corrected chi connectivity index (χ1v) is 10.2. The van der Waals surface area contributed by atoms with E-state index >= 15 is 0 Å². The first-order valence-electron chi connectivity index (χ1n) is 9.84. The Bertz CT molecular complexity index is 697. The van der Waals surface area contributed by atoms with Crippen molar-refractivity contribution in [1.82, 2.24) is 14.8 Å². The van der Waals surface area contributed by atoms with E-state index < -0.39 is 0 Å². The first-order chi connectivity index (χ1) is 13.2.